The first-order valence-corrected chi connectivity index (χ1v) is 7.35. The number of hydrogen-bond acceptors (Lipinski definition) is 3. The molecule has 0 aliphatic heterocycles. The Hall–Kier alpha value is -1.30. The Morgan fingerprint density at radius 3 is 2.50 bits per heavy atom. The molecular weight excluding hydrogens is 260 g/mol. The predicted molar refractivity (Wildman–Crippen MR) is 75.5 cm³/mol. The third kappa shape index (κ3) is 7.33. The van der Waals surface area contributed by atoms with E-state index in [-0.39, 0.29) is 12.6 Å². The van der Waals surface area contributed by atoms with Gasteiger partial charge < -0.3 is 20.8 Å². The fourth-order valence-electron chi connectivity index (χ4n) is 2.61. The SMILES string of the molecule is CC(O)(CNC(=O)NCCCC1CCCC1)CC(=O)O. The number of urea groups is 1. The molecule has 0 aromatic carbocycles. The van der Waals surface area contributed by atoms with Crippen LogP contribution in [0.2, 0.25) is 0 Å². The maximum absolute atomic E-state index is 11.5. The number of carboxylic acids is 1. The van der Waals surface area contributed by atoms with Crippen molar-refractivity contribution in [3.63, 3.8) is 0 Å². The van der Waals surface area contributed by atoms with Gasteiger partial charge in [0, 0.05) is 13.1 Å². The lowest BCUT2D eigenvalue weighted by molar-refractivity contribution is -0.141. The summed E-state index contributed by atoms with van der Waals surface area (Å²) in [6.45, 7) is 1.93. The van der Waals surface area contributed by atoms with E-state index in [0.717, 1.165) is 18.8 Å². The summed E-state index contributed by atoms with van der Waals surface area (Å²) < 4.78 is 0. The number of rotatable bonds is 8. The molecule has 116 valence electrons. The van der Waals surface area contributed by atoms with Gasteiger partial charge in [0.1, 0.15) is 0 Å². The molecule has 0 aromatic heterocycles. The number of aliphatic hydroxyl groups is 1. The van der Waals surface area contributed by atoms with Crippen molar-refractivity contribution in [1.82, 2.24) is 10.6 Å². The summed E-state index contributed by atoms with van der Waals surface area (Å²) in [6.07, 6.45) is 7.00. The number of carboxylic acid groups (broad SMARTS) is 1. The van der Waals surface area contributed by atoms with E-state index in [4.69, 9.17) is 5.11 Å². The van der Waals surface area contributed by atoms with Crippen LogP contribution in [0, 0.1) is 5.92 Å². The molecule has 1 unspecified atom stereocenters. The van der Waals surface area contributed by atoms with Gasteiger partial charge in [-0.25, -0.2) is 4.79 Å². The predicted octanol–water partition coefficient (Wildman–Crippen LogP) is 1.48. The highest BCUT2D eigenvalue weighted by Crippen LogP contribution is 2.28. The molecule has 2 amide bonds. The Kier molecular flexibility index (Phi) is 6.78. The zero-order valence-corrected chi connectivity index (χ0v) is 12.2. The van der Waals surface area contributed by atoms with E-state index in [9.17, 15) is 14.7 Å². The van der Waals surface area contributed by atoms with Crippen molar-refractivity contribution in [1.29, 1.82) is 0 Å². The first kappa shape index (κ1) is 16.8. The summed E-state index contributed by atoms with van der Waals surface area (Å²) in [5.41, 5.74) is -1.42. The zero-order chi connectivity index (χ0) is 15.0. The van der Waals surface area contributed by atoms with Crippen LogP contribution in [0.1, 0.15) is 51.9 Å². The fraction of sp³-hybridized carbons (Fsp3) is 0.857. The van der Waals surface area contributed by atoms with E-state index in [1.165, 1.54) is 32.6 Å². The lowest BCUT2D eigenvalue weighted by atomic mass is 10.0. The molecule has 1 rings (SSSR count). The lowest BCUT2D eigenvalue weighted by Gasteiger charge is -2.21. The van der Waals surface area contributed by atoms with Crippen molar-refractivity contribution in [2.24, 2.45) is 5.92 Å². The van der Waals surface area contributed by atoms with Crippen molar-refractivity contribution < 1.29 is 19.8 Å². The van der Waals surface area contributed by atoms with Gasteiger partial charge >= 0.3 is 12.0 Å². The lowest BCUT2D eigenvalue weighted by Crippen LogP contribution is -2.46. The highest BCUT2D eigenvalue weighted by molar-refractivity contribution is 5.74. The van der Waals surface area contributed by atoms with Crippen LogP contribution in [0.5, 0.6) is 0 Å². The van der Waals surface area contributed by atoms with Gasteiger partial charge in [-0.05, 0) is 25.7 Å². The van der Waals surface area contributed by atoms with Gasteiger partial charge in [-0.15, -0.1) is 0 Å². The molecule has 1 atom stereocenters. The second kappa shape index (κ2) is 8.09. The van der Waals surface area contributed by atoms with E-state index in [0.29, 0.717) is 6.54 Å². The molecule has 6 heteroatoms. The third-order valence-electron chi connectivity index (χ3n) is 3.71. The highest BCUT2D eigenvalue weighted by Gasteiger charge is 2.24. The molecule has 1 fully saturated rings. The molecule has 6 nitrogen and oxygen atoms in total. The van der Waals surface area contributed by atoms with Crippen LogP contribution in [0.15, 0.2) is 0 Å². The first-order valence-electron chi connectivity index (χ1n) is 7.35. The first-order chi connectivity index (χ1) is 9.39. The summed E-state index contributed by atoms with van der Waals surface area (Å²) in [7, 11) is 0. The van der Waals surface area contributed by atoms with E-state index >= 15 is 0 Å². The van der Waals surface area contributed by atoms with Crippen molar-refractivity contribution >= 4 is 12.0 Å². The van der Waals surface area contributed by atoms with E-state index < -0.39 is 18.0 Å². The van der Waals surface area contributed by atoms with Gasteiger partial charge in [0.2, 0.25) is 0 Å². The minimum Gasteiger partial charge on any atom is -0.481 e. The smallest absolute Gasteiger partial charge is 0.314 e. The summed E-state index contributed by atoms with van der Waals surface area (Å²) in [6, 6.07) is -0.359. The topological polar surface area (TPSA) is 98.7 Å². The average molecular weight is 286 g/mol. The Morgan fingerprint density at radius 2 is 1.90 bits per heavy atom. The van der Waals surface area contributed by atoms with Crippen LogP contribution >= 0.6 is 0 Å². The number of amides is 2. The zero-order valence-electron chi connectivity index (χ0n) is 12.2. The second-order valence-electron chi connectivity index (χ2n) is 5.97. The van der Waals surface area contributed by atoms with Crippen molar-refractivity contribution in [2.45, 2.75) is 57.5 Å². The molecule has 1 aliphatic carbocycles. The number of carbonyl (C=O) groups excluding carboxylic acids is 1. The molecule has 0 spiro atoms. The second-order valence-corrected chi connectivity index (χ2v) is 5.97. The third-order valence-corrected chi connectivity index (χ3v) is 3.71. The van der Waals surface area contributed by atoms with E-state index in [1.807, 2.05) is 0 Å². The maximum Gasteiger partial charge on any atom is 0.314 e. The number of hydrogen-bond donors (Lipinski definition) is 4. The monoisotopic (exact) mass is 286 g/mol. The quantitative estimate of drug-likeness (QED) is 0.508. The Labute approximate surface area is 119 Å². The molecule has 1 aliphatic rings. The summed E-state index contributed by atoms with van der Waals surface area (Å²) in [5.74, 6) is -0.273. The van der Waals surface area contributed by atoms with Gasteiger partial charge in [-0.3, -0.25) is 4.79 Å². The van der Waals surface area contributed by atoms with Crippen LogP contribution in [-0.2, 0) is 4.79 Å². The normalized spacial score (nSPS) is 18.5. The standard InChI is InChI=1S/C14H26N2O4/c1-14(20,9-12(17)18)10-16-13(19)15-8-4-7-11-5-2-3-6-11/h11,20H,2-10H2,1H3,(H,17,18)(H2,15,16,19). The van der Waals surface area contributed by atoms with Gasteiger partial charge in [0.15, 0.2) is 0 Å². The maximum atomic E-state index is 11.5. The van der Waals surface area contributed by atoms with Crippen LogP contribution in [0.3, 0.4) is 0 Å². The van der Waals surface area contributed by atoms with Crippen molar-refractivity contribution in [3.05, 3.63) is 0 Å². The van der Waals surface area contributed by atoms with E-state index in [1.54, 1.807) is 0 Å². The summed E-state index contributed by atoms with van der Waals surface area (Å²) in [5, 5.41) is 23.5. The molecule has 4 N–H and O–H groups in total. The average Bonchev–Trinajstić information content (AvgIpc) is 2.84. The van der Waals surface area contributed by atoms with Crippen LogP contribution < -0.4 is 10.6 Å². The Morgan fingerprint density at radius 1 is 1.25 bits per heavy atom. The van der Waals surface area contributed by atoms with Crippen LogP contribution in [-0.4, -0.2) is 40.9 Å². The molecule has 0 aromatic rings. The number of nitrogens with one attached hydrogen (secondary N) is 2. The number of aliphatic carboxylic acids is 1. The Balaban J connectivity index is 2.06. The van der Waals surface area contributed by atoms with Crippen LogP contribution in [0.4, 0.5) is 4.79 Å². The minimum atomic E-state index is -1.42. The number of carbonyl (C=O) groups is 2. The van der Waals surface area contributed by atoms with Gasteiger partial charge in [-0.1, -0.05) is 25.7 Å². The van der Waals surface area contributed by atoms with Crippen molar-refractivity contribution in [2.75, 3.05) is 13.1 Å². The molecule has 0 saturated heterocycles. The molecule has 1 saturated carbocycles. The molecule has 0 bridgehead atoms. The Bertz CT molecular complexity index is 325. The highest BCUT2D eigenvalue weighted by atomic mass is 16.4. The van der Waals surface area contributed by atoms with Crippen LogP contribution in [0.25, 0.3) is 0 Å². The van der Waals surface area contributed by atoms with Gasteiger partial charge in [-0.2, -0.15) is 0 Å². The molecular formula is C14H26N2O4. The van der Waals surface area contributed by atoms with Gasteiger partial charge in [0.05, 0.1) is 12.0 Å². The molecule has 20 heavy (non-hydrogen) atoms. The fourth-order valence-corrected chi connectivity index (χ4v) is 2.61. The minimum absolute atomic E-state index is 0.0756. The summed E-state index contributed by atoms with van der Waals surface area (Å²) in [4.78, 5) is 22.0. The largest absolute Gasteiger partial charge is 0.481 e. The van der Waals surface area contributed by atoms with Crippen molar-refractivity contribution in [3.8, 4) is 0 Å². The van der Waals surface area contributed by atoms with Gasteiger partial charge in [0.25, 0.3) is 0 Å². The molecule has 0 radical (unpaired) electrons. The summed E-state index contributed by atoms with van der Waals surface area (Å²) >= 11 is 0. The van der Waals surface area contributed by atoms with E-state index in [2.05, 4.69) is 10.6 Å². The molecule has 0 heterocycles.